The number of rotatable bonds is 5. The lowest BCUT2D eigenvalue weighted by atomic mass is 10.1. The SMILES string of the molecule is CCn1cc(NC(=O)C2CCN(C(=O)c3c(C)nn(CC)c3C)C2)c(C)n1. The minimum atomic E-state index is -0.208. The molecule has 1 fully saturated rings. The molecule has 0 radical (unpaired) electrons. The quantitative estimate of drug-likeness (QED) is 0.871. The lowest BCUT2D eigenvalue weighted by Gasteiger charge is -2.17. The van der Waals surface area contributed by atoms with Crippen molar-refractivity contribution in [2.24, 2.45) is 5.92 Å². The first-order valence-electron chi connectivity index (χ1n) is 9.53. The van der Waals surface area contributed by atoms with E-state index in [-0.39, 0.29) is 17.7 Å². The van der Waals surface area contributed by atoms with Gasteiger partial charge in [0, 0.05) is 38.1 Å². The van der Waals surface area contributed by atoms with Gasteiger partial charge in [-0.1, -0.05) is 0 Å². The fourth-order valence-electron chi connectivity index (χ4n) is 3.67. The summed E-state index contributed by atoms with van der Waals surface area (Å²) in [6.07, 6.45) is 2.51. The number of aryl methyl sites for hydroxylation is 4. The average molecular weight is 372 g/mol. The van der Waals surface area contributed by atoms with Gasteiger partial charge in [-0.2, -0.15) is 10.2 Å². The number of hydrogen-bond donors (Lipinski definition) is 1. The highest BCUT2D eigenvalue weighted by Gasteiger charge is 2.33. The number of carbonyl (C=O) groups excluding carboxylic acids is 2. The van der Waals surface area contributed by atoms with E-state index in [1.54, 1.807) is 9.58 Å². The highest BCUT2D eigenvalue weighted by molar-refractivity contribution is 5.98. The van der Waals surface area contributed by atoms with Gasteiger partial charge >= 0.3 is 0 Å². The first kappa shape index (κ1) is 19.1. The Hall–Kier alpha value is -2.64. The second kappa shape index (κ2) is 7.54. The monoisotopic (exact) mass is 372 g/mol. The van der Waals surface area contributed by atoms with Gasteiger partial charge in [-0.3, -0.25) is 19.0 Å². The number of aromatic nitrogens is 4. The van der Waals surface area contributed by atoms with Gasteiger partial charge in [0.2, 0.25) is 5.91 Å². The largest absolute Gasteiger partial charge is 0.338 e. The molecule has 1 N–H and O–H groups in total. The first-order chi connectivity index (χ1) is 12.8. The summed E-state index contributed by atoms with van der Waals surface area (Å²) in [7, 11) is 0. The van der Waals surface area contributed by atoms with Crippen LogP contribution in [-0.2, 0) is 17.9 Å². The molecule has 3 rings (SSSR count). The predicted octanol–water partition coefficient (Wildman–Crippen LogP) is 2.15. The van der Waals surface area contributed by atoms with Crippen molar-refractivity contribution in [3.05, 3.63) is 28.8 Å². The van der Waals surface area contributed by atoms with E-state index >= 15 is 0 Å². The van der Waals surface area contributed by atoms with Gasteiger partial charge in [-0.25, -0.2) is 0 Å². The Kier molecular flexibility index (Phi) is 5.34. The van der Waals surface area contributed by atoms with E-state index in [1.165, 1.54) is 0 Å². The minimum absolute atomic E-state index is 0.0324. The molecule has 146 valence electrons. The van der Waals surface area contributed by atoms with Crippen LogP contribution in [0.15, 0.2) is 6.20 Å². The van der Waals surface area contributed by atoms with Crippen molar-refractivity contribution in [3.8, 4) is 0 Å². The van der Waals surface area contributed by atoms with Crippen molar-refractivity contribution in [1.29, 1.82) is 0 Å². The molecule has 0 aliphatic carbocycles. The number of anilines is 1. The summed E-state index contributed by atoms with van der Waals surface area (Å²) < 4.78 is 3.64. The summed E-state index contributed by atoms with van der Waals surface area (Å²) in [6, 6.07) is 0. The lowest BCUT2D eigenvalue weighted by molar-refractivity contribution is -0.119. The zero-order valence-corrected chi connectivity index (χ0v) is 16.7. The summed E-state index contributed by atoms with van der Waals surface area (Å²) in [5, 5.41) is 11.7. The molecule has 27 heavy (non-hydrogen) atoms. The number of nitrogens with one attached hydrogen (secondary N) is 1. The second-order valence-electron chi connectivity index (χ2n) is 7.07. The normalized spacial score (nSPS) is 16.8. The molecule has 0 saturated carbocycles. The summed E-state index contributed by atoms with van der Waals surface area (Å²) in [6.45, 7) is 12.2. The van der Waals surface area contributed by atoms with Crippen molar-refractivity contribution in [1.82, 2.24) is 24.5 Å². The molecule has 8 nitrogen and oxygen atoms in total. The zero-order chi connectivity index (χ0) is 19.7. The predicted molar refractivity (Wildman–Crippen MR) is 103 cm³/mol. The van der Waals surface area contributed by atoms with E-state index < -0.39 is 0 Å². The van der Waals surface area contributed by atoms with Gasteiger partial charge in [0.1, 0.15) is 0 Å². The molecule has 3 heterocycles. The fourth-order valence-corrected chi connectivity index (χ4v) is 3.67. The first-order valence-corrected chi connectivity index (χ1v) is 9.53. The third-order valence-electron chi connectivity index (χ3n) is 5.27. The Bertz CT molecular complexity index is 866. The molecule has 0 aromatic carbocycles. The Labute approximate surface area is 159 Å². The summed E-state index contributed by atoms with van der Waals surface area (Å²) in [5.41, 5.74) is 3.83. The molecule has 2 aromatic heterocycles. The maximum absolute atomic E-state index is 13.0. The van der Waals surface area contributed by atoms with Crippen LogP contribution in [0.25, 0.3) is 0 Å². The summed E-state index contributed by atoms with van der Waals surface area (Å²) in [4.78, 5) is 27.4. The standard InChI is InChI=1S/C19H28N6O2/c1-6-24-11-16(12(3)21-24)20-18(26)15-8-9-23(10-15)19(27)17-13(4)22-25(7-2)14(17)5/h11,15H,6-10H2,1-5H3,(H,20,26). The molecule has 1 saturated heterocycles. The Morgan fingerprint density at radius 1 is 1.15 bits per heavy atom. The van der Waals surface area contributed by atoms with Gasteiger partial charge in [-0.05, 0) is 41.0 Å². The molecule has 1 unspecified atom stereocenters. The van der Waals surface area contributed by atoms with Gasteiger partial charge in [-0.15, -0.1) is 0 Å². The number of nitrogens with zero attached hydrogens (tertiary/aromatic N) is 5. The van der Waals surface area contributed by atoms with Crippen LogP contribution in [0.1, 0.15) is 47.7 Å². The van der Waals surface area contributed by atoms with Crippen molar-refractivity contribution >= 4 is 17.5 Å². The Morgan fingerprint density at radius 2 is 1.89 bits per heavy atom. The third-order valence-corrected chi connectivity index (χ3v) is 5.27. The average Bonchev–Trinajstić information content (AvgIpc) is 3.33. The Balaban J connectivity index is 1.67. The molecule has 1 atom stereocenters. The molecular formula is C19H28N6O2. The minimum Gasteiger partial charge on any atom is -0.338 e. The molecular weight excluding hydrogens is 344 g/mol. The second-order valence-corrected chi connectivity index (χ2v) is 7.07. The van der Waals surface area contributed by atoms with Crippen LogP contribution in [0.3, 0.4) is 0 Å². The van der Waals surface area contributed by atoms with Crippen LogP contribution < -0.4 is 5.32 Å². The highest BCUT2D eigenvalue weighted by atomic mass is 16.2. The van der Waals surface area contributed by atoms with Crippen molar-refractivity contribution in [2.45, 2.75) is 54.1 Å². The highest BCUT2D eigenvalue weighted by Crippen LogP contribution is 2.24. The number of carbonyl (C=O) groups is 2. The van der Waals surface area contributed by atoms with E-state index in [0.29, 0.717) is 25.1 Å². The molecule has 0 spiro atoms. The lowest BCUT2D eigenvalue weighted by Crippen LogP contribution is -2.32. The van der Waals surface area contributed by atoms with Crippen molar-refractivity contribution in [3.63, 3.8) is 0 Å². The maximum atomic E-state index is 13.0. The summed E-state index contributed by atoms with van der Waals surface area (Å²) >= 11 is 0. The van der Waals surface area contributed by atoms with E-state index in [0.717, 1.165) is 35.9 Å². The smallest absolute Gasteiger partial charge is 0.257 e. The van der Waals surface area contributed by atoms with Gasteiger partial charge < -0.3 is 10.2 Å². The van der Waals surface area contributed by atoms with E-state index in [2.05, 4.69) is 15.5 Å². The van der Waals surface area contributed by atoms with Crippen LogP contribution in [0.5, 0.6) is 0 Å². The molecule has 1 aliphatic rings. The van der Waals surface area contributed by atoms with Gasteiger partial charge in [0.15, 0.2) is 0 Å². The van der Waals surface area contributed by atoms with Crippen LogP contribution >= 0.6 is 0 Å². The number of amides is 2. The topological polar surface area (TPSA) is 85.0 Å². The number of likely N-dealkylation sites (tertiary alicyclic amines) is 1. The van der Waals surface area contributed by atoms with Gasteiger partial charge in [0.25, 0.3) is 5.91 Å². The molecule has 1 aliphatic heterocycles. The van der Waals surface area contributed by atoms with E-state index in [9.17, 15) is 9.59 Å². The zero-order valence-electron chi connectivity index (χ0n) is 16.7. The summed E-state index contributed by atoms with van der Waals surface area (Å²) in [5.74, 6) is -0.295. The fraction of sp³-hybridized carbons (Fsp3) is 0.579. The van der Waals surface area contributed by atoms with Crippen LogP contribution in [0.4, 0.5) is 5.69 Å². The van der Waals surface area contributed by atoms with Crippen LogP contribution in [-0.4, -0.2) is 49.4 Å². The molecule has 2 amide bonds. The van der Waals surface area contributed by atoms with Crippen LogP contribution in [0, 0.1) is 26.7 Å². The van der Waals surface area contributed by atoms with E-state index in [4.69, 9.17) is 0 Å². The molecule has 8 heteroatoms. The molecule has 2 aromatic rings. The third kappa shape index (κ3) is 3.61. The number of hydrogen-bond acceptors (Lipinski definition) is 4. The Morgan fingerprint density at radius 3 is 2.48 bits per heavy atom. The van der Waals surface area contributed by atoms with Gasteiger partial charge in [0.05, 0.1) is 28.6 Å². The molecule has 0 bridgehead atoms. The maximum Gasteiger partial charge on any atom is 0.257 e. The van der Waals surface area contributed by atoms with Crippen LogP contribution in [0.2, 0.25) is 0 Å². The van der Waals surface area contributed by atoms with E-state index in [1.807, 2.05) is 45.5 Å². The van der Waals surface area contributed by atoms with Crippen molar-refractivity contribution < 1.29 is 9.59 Å². The van der Waals surface area contributed by atoms with Crippen molar-refractivity contribution in [2.75, 3.05) is 18.4 Å².